The number of aliphatic hydroxyl groups is 15. The van der Waals surface area contributed by atoms with Gasteiger partial charge in [-0.1, -0.05) is 29.0 Å². The molecule has 19 atom stereocenters. The lowest BCUT2D eigenvalue weighted by Crippen LogP contribution is -2.50. The first-order valence-corrected chi connectivity index (χ1v) is 42.4. The summed E-state index contributed by atoms with van der Waals surface area (Å²) in [6.45, 7) is -0.885. The van der Waals surface area contributed by atoms with Crippen LogP contribution in [0.3, 0.4) is 0 Å². The number of aliphatic carboxylic acids is 4. The molecule has 3 rings (SSSR count). The van der Waals surface area contributed by atoms with Gasteiger partial charge in [0.2, 0.25) is 41.4 Å². The number of fused-ring (bicyclic) bond motifs is 1. The second-order valence-electron chi connectivity index (χ2n) is 30.5. The van der Waals surface area contributed by atoms with Crippen LogP contribution in [0, 0.1) is 17.8 Å². The summed E-state index contributed by atoms with van der Waals surface area (Å²) in [5.74, 6) is -24.4. The molecule has 0 fully saturated rings. The number of benzene rings is 1. The molecular weight excluding hydrogens is 1760 g/mol. The summed E-state index contributed by atoms with van der Waals surface area (Å²) in [4.78, 5) is 230. The molecule has 0 bridgehead atoms. The first-order chi connectivity index (χ1) is 60.1. The largest absolute Gasteiger partial charge is 0.481 e. The van der Waals surface area contributed by atoms with E-state index in [-0.39, 0.29) is 54.7 Å². The van der Waals surface area contributed by atoms with Crippen molar-refractivity contribution in [3.63, 3.8) is 0 Å². The fourth-order valence-electron chi connectivity index (χ4n) is 11.6. The molecule has 0 aliphatic heterocycles. The summed E-state index contributed by atoms with van der Waals surface area (Å²) < 4.78 is 5.06. The standard InChI is InChI=1S/C75H115N15O36S2.CH4/c1-75(2,3)90-89-74(125)126-20-21-127-128-33-44(72(123)124)86-69(119)37(8-17-55(105)80-29-49(99)61(112)64(115)52(102)32-93)24-46(96)42(14-19-57(108)109)84-68(118)36(7-16-54(104)79-28-48(98)60(111)63(114)51(101)31-92)23-45(95)41(13-18-56(106)107)83-67(117)35(6-15-53(103)78-27-47(97)59(110)62(113)50(100)30-91)22-40(94)11-12-43(71(121)122)85-66(116)34-4-9-38(10-5-34)77-25-39-26-81-65-58(82-39)70(120)88-73(76)87-65;/h4-5,9-10,26,35-37,41-44,47-52,59-64,77,90-93,97-102,110-115H,6-8,11-25,27-33H2,1-3H3,(H,78,103)(H,79,104)(H,80,105)(H,83,117)(H,84,118)(H,85,116)(H,86,119)(H,89,125)(H,106,107)(H,108,109)(H,121,122)(H,123,124)(H3,76,81,87,88,120);1H4/t35-,36-,37-,41-,42-,43+,44-,47+,48+,49+,50-,51-,52-,59-,60-,61-,62-,63-,64-;/m1./s1. The van der Waals surface area contributed by atoms with E-state index >= 15 is 0 Å². The summed E-state index contributed by atoms with van der Waals surface area (Å²) in [5.41, 5.74) is 9.88. The number of amides is 8. The fourth-order valence-corrected chi connectivity index (χ4v) is 13.6. The lowest BCUT2D eigenvalue weighted by atomic mass is 9.89. The molecule has 0 unspecified atom stereocenters. The lowest BCUT2D eigenvalue weighted by molar-refractivity contribution is -0.142. The van der Waals surface area contributed by atoms with Gasteiger partial charge in [0.25, 0.3) is 11.5 Å². The van der Waals surface area contributed by atoms with Crippen molar-refractivity contribution in [3.05, 3.63) is 52.1 Å². The number of anilines is 2. The Morgan fingerprint density at radius 1 is 0.496 bits per heavy atom. The number of hydrogen-bond donors (Lipinski definition) is 31. The number of hydrogen-bond acceptors (Lipinski definition) is 40. The van der Waals surface area contributed by atoms with Crippen LogP contribution in [0.25, 0.3) is 11.2 Å². The first-order valence-electron chi connectivity index (χ1n) is 39.9. The number of rotatable bonds is 64. The van der Waals surface area contributed by atoms with Crippen LogP contribution in [0.15, 0.2) is 35.3 Å². The van der Waals surface area contributed by atoms with E-state index in [9.17, 15) is 174 Å². The summed E-state index contributed by atoms with van der Waals surface area (Å²) in [7, 11) is 1.85. The zero-order chi connectivity index (χ0) is 96.4. The van der Waals surface area contributed by atoms with Crippen molar-refractivity contribution in [1.82, 2.24) is 68.0 Å². The smallest absolute Gasteiger partial charge is 0.421 e. The molecule has 0 saturated carbocycles. The number of carboxylic acids is 4. The SMILES string of the molecule is C.CC(C)(C)NNC(=O)OCCSSC[C@@H](NC(=O)[C@H](CCC(=O)NC[C@H](O)[C@@H](O)[C@H](O)[C@H](O)CO)CC(=O)[C@@H](CCC(=O)O)NC(=O)[C@H](CCC(=O)NC[C@H](O)[C@@H](O)[C@H](O)[C@H](O)CO)CC(=O)[C@@H](CCC(=O)O)NC(=O)[C@H](CCC(=O)NC[C@H](O)[C@@H](O)[C@H](O)[C@H](O)CO)CC(=O)CC[C@H](NC(=O)c1ccc(NCc2cnc3nc(N)[nH]c(=O)c3n2)cc1)C(=O)O)C(=O)O. The molecule has 8 amide bonds. The molecule has 726 valence electrons. The van der Waals surface area contributed by atoms with Crippen molar-refractivity contribution in [2.75, 3.05) is 68.6 Å². The maximum Gasteiger partial charge on any atom is 0.421 e. The summed E-state index contributed by atoms with van der Waals surface area (Å²) in [5, 5.41) is 209. The predicted octanol–water partition coefficient (Wildman–Crippen LogP) is -9.09. The Labute approximate surface area is 744 Å². The molecule has 0 aliphatic carbocycles. The van der Waals surface area contributed by atoms with Gasteiger partial charge in [-0.25, -0.2) is 29.8 Å². The number of nitrogens with two attached hydrogens (primary N) is 1. The van der Waals surface area contributed by atoms with E-state index in [2.05, 4.69) is 73.3 Å². The van der Waals surface area contributed by atoms with Crippen LogP contribution in [0.1, 0.15) is 141 Å². The molecule has 0 spiro atoms. The monoisotopic (exact) mass is 1880 g/mol. The summed E-state index contributed by atoms with van der Waals surface area (Å²) in [6, 6.07) is -2.32. The topological polar surface area (TPSA) is 868 Å². The zero-order valence-corrected chi connectivity index (χ0v) is 71.3. The van der Waals surface area contributed by atoms with Crippen molar-refractivity contribution in [2.45, 2.75) is 234 Å². The fraction of sp³-hybridized carbons (Fsp3) is 0.645. The number of aromatic nitrogens is 4. The van der Waals surface area contributed by atoms with E-state index < -0.39 is 356 Å². The van der Waals surface area contributed by atoms with Crippen LogP contribution in [0.2, 0.25) is 0 Å². The van der Waals surface area contributed by atoms with Gasteiger partial charge >= 0.3 is 30.0 Å². The van der Waals surface area contributed by atoms with Crippen LogP contribution < -0.4 is 64.7 Å². The van der Waals surface area contributed by atoms with Gasteiger partial charge in [-0.3, -0.25) is 72.7 Å². The third-order valence-electron chi connectivity index (χ3n) is 19.1. The van der Waals surface area contributed by atoms with E-state index in [1.54, 1.807) is 20.8 Å². The average Bonchev–Trinajstić information content (AvgIpc) is 0.805. The van der Waals surface area contributed by atoms with E-state index in [4.69, 9.17) is 10.5 Å². The van der Waals surface area contributed by atoms with Crippen molar-refractivity contribution < 1.29 is 174 Å². The highest BCUT2D eigenvalue weighted by Gasteiger charge is 2.39. The summed E-state index contributed by atoms with van der Waals surface area (Å²) >= 11 is 0. The van der Waals surface area contributed by atoms with Gasteiger partial charge in [0.15, 0.2) is 22.7 Å². The highest BCUT2D eigenvalue weighted by Crippen LogP contribution is 2.26. The number of ketones is 3. The van der Waals surface area contributed by atoms with Gasteiger partial charge in [0.1, 0.15) is 79.4 Å². The molecule has 0 radical (unpaired) electrons. The minimum atomic E-state index is -2.24. The number of nitrogen functional groups attached to an aromatic ring is 1. The van der Waals surface area contributed by atoms with Crippen LogP contribution in [-0.2, 0) is 73.6 Å². The molecule has 0 aliphatic rings. The summed E-state index contributed by atoms with van der Waals surface area (Å²) in [6.07, 6.45) is -38.0. The molecule has 53 heteroatoms. The molecular formula is C76H119N15O36S2. The molecule has 1 aromatic carbocycles. The number of nitrogens with one attached hydrogen (secondary N) is 11. The molecule has 2 aromatic heterocycles. The molecule has 2 heterocycles. The van der Waals surface area contributed by atoms with E-state index in [0.29, 0.717) is 5.69 Å². The number of hydrazine groups is 1. The average molecular weight is 1880 g/mol. The number of carbonyl (C=O) groups excluding carboxylic acids is 11. The minimum absolute atomic E-state index is 0. The third kappa shape index (κ3) is 42.8. The van der Waals surface area contributed by atoms with Crippen LogP contribution in [-0.4, -0.2) is 366 Å². The lowest BCUT2D eigenvalue weighted by Gasteiger charge is -2.26. The number of Topliss-reactive ketones (excluding diaryl/α,β-unsaturated/α-hetero) is 3. The maximum atomic E-state index is 14.9. The van der Waals surface area contributed by atoms with Gasteiger partial charge in [0, 0.05) is 123 Å². The Morgan fingerprint density at radius 3 is 1.30 bits per heavy atom. The van der Waals surface area contributed by atoms with Gasteiger partial charge in [-0.15, -0.1) is 0 Å². The Hall–Kier alpha value is -10.5. The van der Waals surface area contributed by atoms with E-state index in [1.807, 2.05) is 0 Å². The van der Waals surface area contributed by atoms with E-state index in [1.165, 1.54) is 30.5 Å². The Kier molecular flexibility index (Phi) is 51.8. The number of aromatic amines is 1. The first kappa shape index (κ1) is 115. The molecule has 51 nitrogen and oxygen atoms in total. The number of H-pyrrole nitrogens is 1. The molecule has 0 saturated heterocycles. The highest BCUT2D eigenvalue weighted by atomic mass is 33.1. The normalized spacial score (nSPS) is 15.9. The van der Waals surface area contributed by atoms with Gasteiger partial charge in [0.05, 0.1) is 68.7 Å². The molecule has 3 aromatic rings. The Bertz CT molecular complexity index is 4230. The number of aliphatic hydroxyl groups excluding tert-OH is 15. The minimum Gasteiger partial charge on any atom is -0.481 e. The van der Waals surface area contributed by atoms with Crippen LogP contribution in [0.5, 0.6) is 0 Å². The zero-order valence-electron chi connectivity index (χ0n) is 69.7. The Balaban J connectivity index is 0.0000563. The van der Waals surface area contributed by atoms with Crippen molar-refractivity contribution in [3.8, 4) is 0 Å². The number of ether oxygens (including phenoxy) is 1. The quantitative estimate of drug-likeness (QED) is 0.0142. The highest BCUT2D eigenvalue weighted by molar-refractivity contribution is 8.76. The second-order valence-corrected chi connectivity index (χ2v) is 33.2. The molecule has 129 heavy (non-hydrogen) atoms. The van der Waals surface area contributed by atoms with Crippen molar-refractivity contribution in [1.29, 1.82) is 0 Å². The molecule has 32 N–H and O–H groups in total. The number of nitrogens with zero attached hydrogens (tertiary/aromatic N) is 3. The van der Waals surface area contributed by atoms with Crippen LogP contribution in [0.4, 0.5) is 16.4 Å². The predicted molar refractivity (Wildman–Crippen MR) is 450 cm³/mol. The number of carboxylic acid groups (broad SMARTS) is 4. The van der Waals surface area contributed by atoms with Crippen LogP contribution >= 0.6 is 21.6 Å². The van der Waals surface area contributed by atoms with Crippen molar-refractivity contribution >= 4 is 133 Å². The van der Waals surface area contributed by atoms with Gasteiger partial charge in [-0.2, -0.15) is 4.98 Å². The third-order valence-corrected chi connectivity index (χ3v) is 21.5. The van der Waals surface area contributed by atoms with Crippen molar-refractivity contribution in [2.24, 2.45) is 17.8 Å². The van der Waals surface area contributed by atoms with E-state index in [0.717, 1.165) is 21.6 Å². The number of carbonyl (C=O) groups is 15. The Morgan fingerprint density at radius 2 is 0.899 bits per heavy atom. The maximum absolute atomic E-state index is 14.9. The van der Waals surface area contributed by atoms with Gasteiger partial charge < -0.3 is 150 Å². The second kappa shape index (κ2) is 58.3. The van der Waals surface area contributed by atoms with Gasteiger partial charge in [-0.05, 0) is 83.6 Å².